The zero-order valence-electron chi connectivity index (χ0n) is 10.3. The number of benzene rings is 1. The molecule has 5 heteroatoms. The predicted octanol–water partition coefficient (Wildman–Crippen LogP) is 2.67. The van der Waals surface area contributed by atoms with Gasteiger partial charge < -0.3 is 4.74 Å². The maximum Gasteiger partial charge on any atom is 0.416 e. The van der Waals surface area contributed by atoms with Gasteiger partial charge in [0.2, 0.25) is 5.91 Å². The van der Waals surface area contributed by atoms with Crippen LogP contribution in [-0.2, 0) is 16.0 Å². The molecule has 1 aromatic carbocycles. The Kier molecular flexibility index (Phi) is 3.71. The second-order valence-corrected chi connectivity index (χ2v) is 5.35. The molecule has 1 fully saturated rings. The third-order valence-corrected chi connectivity index (χ3v) is 3.49. The summed E-state index contributed by atoms with van der Waals surface area (Å²) in [5, 5.41) is 0. The summed E-state index contributed by atoms with van der Waals surface area (Å²) in [6, 6.07) is 5.56. The molecule has 0 radical (unpaired) electrons. The predicted molar refractivity (Wildman–Crippen MR) is 70.2 cm³/mol. The number of aryl methyl sites for hydroxylation is 1. The number of imide groups is 1. The molecule has 1 unspecified atom stereocenters. The van der Waals surface area contributed by atoms with Gasteiger partial charge in [-0.15, -0.1) is 0 Å². The highest BCUT2D eigenvalue weighted by Crippen LogP contribution is 2.19. The van der Waals surface area contributed by atoms with Gasteiger partial charge >= 0.3 is 6.09 Å². The van der Waals surface area contributed by atoms with E-state index in [2.05, 4.69) is 15.9 Å². The van der Waals surface area contributed by atoms with Gasteiger partial charge in [-0.05, 0) is 37.1 Å². The maximum atomic E-state index is 12.1. The average Bonchev–Trinajstić information content (AvgIpc) is 2.62. The Balaban J connectivity index is 2.14. The first-order valence-corrected chi connectivity index (χ1v) is 6.52. The fraction of sp³-hybridized carbons (Fsp3) is 0.385. The van der Waals surface area contributed by atoms with Crippen molar-refractivity contribution in [2.45, 2.75) is 26.3 Å². The number of ether oxygens (including phenoxy) is 1. The smallest absolute Gasteiger partial charge is 0.416 e. The Labute approximate surface area is 114 Å². The lowest BCUT2D eigenvalue weighted by Gasteiger charge is -2.16. The molecule has 2 rings (SSSR count). The van der Waals surface area contributed by atoms with Crippen LogP contribution in [-0.4, -0.2) is 29.5 Å². The first-order chi connectivity index (χ1) is 8.49. The zero-order chi connectivity index (χ0) is 13.3. The van der Waals surface area contributed by atoms with E-state index in [1.165, 1.54) is 4.90 Å². The van der Waals surface area contributed by atoms with Gasteiger partial charge in [-0.1, -0.05) is 22.0 Å². The summed E-state index contributed by atoms with van der Waals surface area (Å²) in [5.74, 6) is -0.213. The maximum absolute atomic E-state index is 12.1. The third-order valence-electron chi connectivity index (χ3n) is 3.00. The van der Waals surface area contributed by atoms with Crippen LogP contribution in [0.1, 0.15) is 18.1 Å². The highest BCUT2D eigenvalue weighted by Gasteiger charge is 2.34. The summed E-state index contributed by atoms with van der Waals surface area (Å²) in [5.41, 5.74) is 1.95. The van der Waals surface area contributed by atoms with Crippen LogP contribution in [0.15, 0.2) is 22.7 Å². The number of cyclic esters (lactones) is 1. The van der Waals surface area contributed by atoms with E-state index in [1.807, 2.05) is 25.1 Å². The Morgan fingerprint density at radius 2 is 2.28 bits per heavy atom. The van der Waals surface area contributed by atoms with Crippen molar-refractivity contribution < 1.29 is 14.3 Å². The Morgan fingerprint density at radius 3 is 2.83 bits per heavy atom. The number of amides is 2. The molecule has 1 aromatic rings. The quantitative estimate of drug-likeness (QED) is 0.843. The lowest BCUT2D eigenvalue weighted by Crippen LogP contribution is -2.38. The number of halogens is 1. The van der Waals surface area contributed by atoms with E-state index in [-0.39, 0.29) is 25.0 Å². The van der Waals surface area contributed by atoms with Gasteiger partial charge in [-0.3, -0.25) is 4.79 Å². The van der Waals surface area contributed by atoms with E-state index in [4.69, 9.17) is 4.74 Å². The molecule has 0 N–H and O–H groups in total. The van der Waals surface area contributed by atoms with Crippen LogP contribution >= 0.6 is 15.9 Å². The minimum atomic E-state index is -0.540. The van der Waals surface area contributed by atoms with Gasteiger partial charge in [0.05, 0.1) is 12.5 Å². The number of carbonyl (C=O) groups is 2. The van der Waals surface area contributed by atoms with Crippen molar-refractivity contribution in [2.24, 2.45) is 0 Å². The molecule has 0 bridgehead atoms. The number of rotatable bonds is 2. The molecule has 1 saturated heterocycles. The number of hydrogen-bond acceptors (Lipinski definition) is 3. The van der Waals surface area contributed by atoms with Crippen LogP contribution in [0.25, 0.3) is 0 Å². The molecule has 0 spiro atoms. The fourth-order valence-electron chi connectivity index (χ4n) is 1.97. The summed E-state index contributed by atoms with van der Waals surface area (Å²) in [6.45, 7) is 4.03. The summed E-state index contributed by atoms with van der Waals surface area (Å²) in [4.78, 5) is 24.7. The fourth-order valence-corrected chi connectivity index (χ4v) is 2.44. The van der Waals surface area contributed by atoms with Gasteiger partial charge in [-0.25, -0.2) is 9.69 Å². The van der Waals surface area contributed by atoms with Crippen molar-refractivity contribution in [3.05, 3.63) is 33.8 Å². The van der Waals surface area contributed by atoms with E-state index in [0.717, 1.165) is 15.6 Å². The Bertz CT molecular complexity index is 501. The van der Waals surface area contributed by atoms with Crippen LogP contribution in [0.3, 0.4) is 0 Å². The molecule has 2 amide bonds. The van der Waals surface area contributed by atoms with E-state index >= 15 is 0 Å². The molecule has 1 atom stereocenters. The topological polar surface area (TPSA) is 46.6 Å². The second-order valence-electron chi connectivity index (χ2n) is 4.44. The van der Waals surface area contributed by atoms with Gasteiger partial charge in [0.25, 0.3) is 0 Å². The molecule has 18 heavy (non-hydrogen) atoms. The van der Waals surface area contributed by atoms with Crippen LogP contribution in [0.4, 0.5) is 4.79 Å². The molecule has 0 aromatic heterocycles. The minimum absolute atomic E-state index is 0.180. The van der Waals surface area contributed by atoms with Crippen molar-refractivity contribution in [3.63, 3.8) is 0 Å². The van der Waals surface area contributed by atoms with Gasteiger partial charge in [0.15, 0.2) is 0 Å². The van der Waals surface area contributed by atoms with Gasteiger partial charge in [0.1, 0.15) is 6.61 Å². The van der Waals surface area contributed by atoms with E-state index in [9.17, 15) is 9.59 Å². The van der Waals surface area contributed by atoms with Crippen molar-refractivity contribution in [1.82, 2.24) is 4.90 Å². The number of nitrogens with zero attached hydrogens (tertiary/aromatic N) is 1. The lowest BCUT2D eigenvalue weighted by atomic mass is 10.1. The zero-order valence-corrected chi connectivity index (χ0v) is 11.9. The van der Waals surface area contributed by atoms with Crippen LogP contribution in [0.5, 0.6) is 0 Å². The van der Waals surface area contributed by atoms with Crippen LogP contribution < -0.4 is 0 Å². The normalized spacial score (nSPS) is 18.9. The van der Waals surface area contributed by atoms with E-state index < -0.39 is 6.09 Å². The molecule has 0 aliphatic carbocycles. The molecular weight excluding hydrogens is 298 g/mol. The molecule has 1 aliphatic rings. The summed E-state index contributed by atoms with van der Waals surface area (Å²) < 4.78 is 5.82. The van der Waals surface area contributed by atoms with E-state index in [0.29, 0.717) is 0 Å². The SMILES string of the molecule is Cc1cc(Br)ccc1CC(=O)N1C(=O)OCC1C. The largest absolute Gasteiger partial charge is 0.447 e. The monoisotopic (exact) mass is 311 g/mol. The summed E-state index contributed by atoms with van der Waals surface area (Å²) >= 11 is 3.38. The molecule has 1 aliphatic heterocycles. The van der Waals surface area contributed by atoms with Crippen LogP contribution in [0, 0.1) is 6.92 Å². The molecule has 4 nitrogen and oxygen atoms in total. The summed E-state index contributed by atoms with van der Waals surface area (Å²) in [6.07, 6.45) is -0.319. The third kappa shape index (κ3) is 2.56. The molecule has 0 saturated carbocycles. The van der Waals surface area contributed by atoms with Crippen molar-refractivity contribution >= 4 is 27.9 Å². The van der Waals surface area contributed by atoms with Gasteiger partial charge in [-0.2, -0.15) is 0 Å². The molecular formula is C13H14BrNO3. The standard InChI is InChI=1S/C13H14BrNO3/c1-8-5-11(14)4-3-10(8)6-12(16)15-9(2)7-18-13(15)17/h3-5,9H,6-7H2,1-2H3. The summed E-state index contributed by atoms with van der Waals surface area (Å²) in [7, 11) is 0. The Morgan fingerprint density at radius 1 is 1.56 bits per heavy atom. The highest BCUT2D eigenvalue weighted by atomic mass is 79.9. The van der Waals surface area contributed by atoms with Crippen molar-refractivity contribution in [1.29, 1.82) is 0 Å². The first-order valence-electron chi connectivity index (χ1n) is 5.73. The highest BCUT2D eigenvalue weighted by molar-refractivity contribution is 9.10. The van der Waals surface area contributed by atoms with E-state index in [1.54, 1.807) is 6.92 Å². The Hall–Kier alpha value is -1.36. The average molecular weight is 312 g/mol. The van der Waals surface area contributed by atoms with Crippen molar-refractivity contribution in [3.8, 4) is 0 Å². The first kappa shape index (κ1) is 13.1. The second kappa shape index (κ2) is 5.10. The number of carbonyl (C=O) groups excluding carboxylic acids is 2. The van der Waals surface area contributed by atoms with Gasteiger partial charge in [0, 0.05) is 4.47 Å². The lowest BCUT2D eigenvalue weighted by molar-refractivity contribution is -0.128. The number of hydrogen-bond donors (Lipinski definition) is 0. The molecule has 1 heterocycles. The molecule has 96 valence electrons. The van der Waals surface area contributed by atoms with Crippen LogP contribution in [0.2, 0.25) is 0 Å². The van der Waals surface area contributed by atoms with Crippen molar-refractivity contribution in [2.75, 3.05) is 6.61 Å². The minimum Gasteiger partial charge on any atom is -0.447 e.